The van der Waals surface area contributed by atoms with Gasteiger partial charge in [0.25, 0.3) is 0 Å². The molecule has 5 rings (SSSR count). The van der Waals surface area contributed by atoms with E-state index in [0.717, 1.165) is 23.7 Å². The van der Waals surface area contributed by atoms with Gasteiger partial charge in [0, 0.05) is 21.6 Å². The van der Waals surface area contributed by atoms with Crippen molar-refractivity contribution < 1.29 is 0 Å². The van der Waals surface area contributed by atoms with E-state index in [9.17, 15) is 0 Å². The summed E-state index contributed by atoms with van der Waals surface area (Å²) in [6.07, 6.45) is 2.83. The Bertz CT molecular complexity index is 480. The molecule has 2 heteroatoms. The zero-order valence-electron chi connectivity index (χ0n) is 8.85. The van der Waals surface area contributed by atoms with E-state index in [1.165, 1.54) is 12.8 Å². The molecule has 0 aliphatic heterocycles. The molecule has 2 fully saturated rings. The largest absolute Gasteiger partial charge is 0.148 e. The molecule has 2 saturated carbocycles. The van der Waals surface area contributed by atoms with E-state index in [0.29, 0.717) is 0 Å². The maximum absolute atomic E-state index is 2.40. The first-order valence-electron chi connectivity index (χ1n) is 6.08. The normalized spacial score (nSPS) is 37.5. The highest BCUT2D eigenvalue weighted by atomic mass is 32.1. The Morgan fingerprint density at radius 1 is 0.750 bits per heavy atom. The minimum atomic E-state index is 0.875. The second kappa shape index (κ2) is 2.62. The zero-order chi connectivity index (χ0) is 10.3. The summed E-state index contributed by atoms with van der Waals surface area (Å²) >= 11 is 4.02. The van der Waals surface area contributed by atoms with Gasteiger partial charge in [-0.05, 0) is 58.7 Å². The maximum atomic E-state index is 2.40. The minimum Gasteiger partial charge on any atom is -0.148 e. The van der Waals surface area contributed by atoms with Gasteiger partial charge in [0.05, 0.1) is 0 Å². The number of fused-ring (bicyclic) bond motifs is 8. The molecule has 0 radical (unpaired) electrons. The number of rotatable bonds is 0. The highest BCUT2D eigenvalue weighted by Gasteiger charge is 2.52. The van der Waals surface area contributed by atoms with E-state index in [2.05, 4.69) is 22.9 Å². The molecule has 3 aliphatic carbocycles. The maximum Gasteiger partial charge on any atom is 0.0117 e. The third-order valence-corrected chi connectivity index (χ3v) is 6.64. The topological polar surface area (TPSA) is 0 Å². The van der Waals surface area contributed by atoms with Crippen molar-refractivity contribution in [3.63, 3.8) is 0 Å². The lowest BCUT2D eigenvalue weighted by molar-refractivity contribution is 0.938. The second-order valence-corrected chi connectivity index (χ2v) is 7.27. The van der Waals surface area contributed by atoms with E-state index in [1.807, 2.05) is 22.7 Å². The van der Waals surface area contributed by atoms with Crippen LogP contribution in [0.3, 0.4) is 0 Å². The van der Waals surface area contributed by atoms with Gasteiger partial charge in [-0.2, -0.15) is 0 Å². The van der Waals surface area contributed by atoms with Crippen LogP contribution < -0.4 is 0 Å². The molecule has 0 N–H and O–H groups in total. The summed E-state index contributed by atoms with van der Waals surface area (Å²) in [7, 11) is 0. The predicted molar refractivity (Wildman–Crippen MR) is 68.8 cm³/mol. The van der Waals surface area contributed by atoms with Gasteiger partial charge in [0.2, 0.25) is 0 Å². The van der Waals surface area contributed by atoms with E-state index in [-0.39, 0.29) is 0 Å². The number of thiophene rings is 2. The molecule has 80 valence electrons. The SMILES string of the molecule is c1cc2c(s1)C1C[C@@H]1c1ccsc1[C@@H]1CC21. The molecule has 0 aromatic carbocycles. The first-order chi connectivity index (χ1) is 7.93. The average Bonchev–Trinajstić information content (AvgIpc) is 3.16. The lowest BCUT2D eigenvalue weighted by Gasteiger charge is -2.08. The third-order valence-electron chi connectivity index (χ3n) is 4.51. The van der Waals surface area contributed by atoms with Crippen molar-refractivity contribution in [3.8, 4) is 0 Å². The zero-order valence-corrected chi connectivity index (χ0v) is 10.5. The Morgan fingerprint density at radius 2 is 1.25 bits per heavy atom. The Hall–Kier alpha value is -0.600. The molecule has 2 unspecified atom stereocenters. The molecule has 2 aromatic rings. The monoisotopic (exact) mass is 244 g/mol. The van der Waals surface area contributed by atoms with Crippen molar-refractivity contribution in [2.24, 2.45) is 0 Å². The quantitative estimate of drug-likeness (QED) is 0.632. The van der Waals surface area contributed by atoms with Crippen LogP contribution >= 0.6 is 22.7 Å². The van der Waals surface area contributed by atoms with Crippen LogP contribution in [-0.4, -0.2) is 0 Å². The summed E-state index contributed by atoms with van der Waals surface area (Å²) in [4.78, 5) is 3.46. The molecular formula is C14H12S2. The summed E-state index contributed by atoms with van der Waals surface area (Å²) in [5.74, 6) is 3.51. The Kier molecular flexibility index (Phi) is 1.39. The molecule has 0 spiro atoms. The molecule has 0 nitrogen and oxygen atoms in total. The molecule has 3 aliphatic rings. The van der Waals surface area contributed by atoms with Crippen molar-refractivity contribution in [3.05, 3.63) is 43.8 Å². The van der Waals surface area contributed by atoms with Gasteiger partial charge in [0.15, 0.2) is 0 Å². The summed E-state index contributed by atoms with van der Waals surface area (Å²) in [5, 5.41) is 4.63. The van der Waals surface area contributed by atoms with E-state index in [1.54, 1.807) is 20.9 Å². The van der Waals surface area contributed by atoms with E-state index >= 15 is 0 Å². The standard InChI is InChI=1S/C14H12S2/c1-3-15-13-7(1)9-5-11(9)14-8(2-4-16-14)10-6-12(10)13/h1-4,9-12H,5-6H2/t9-,10?,11?,12-/m1/s1. The summed E-state index contributed by atoms with van der Waals surface area (Å²) in [5.41, 5.74) is 3.42. The smallest absolute Gasteiger partial charge is 0.0117 e. The molecule has 4 atom stereocenters. The highest BCUT2D eigenvalue weighted by molar-refractivity contribution is 7.10. The molecule has 2 aromatic heterocycles. The third kappa shape index (κ3) is 0.917. The van der Waals surface area contributed by atoms with Crippen LogP contribution in [-0.2, 0) is 0 Å². The van der Waals surface area contributed by atoms with E-state index < -0.39 is 0 Å². The van der Waals surface area contributed by atoms with Crippen LogP contribution in [0.4, 0.5) is 0 Å². The van der Waals surface area contributed by atoms with Gasteiger partial charge in [-0.25, -0.2) is 0 Å². The van der Waals surface area contributed by atoms with Gasteiger partial charge in [-0.3, -0.25) is 0 Å². The average molecular weight is 244 g/mol. The van der Waals surface area contributed by atoms with Gasteiger partial charge in [-0.1, -0.05) is 0 Å². The fourth-order valence-electron chi connectivity index (χ4n) is 3.53. The van der Waals surface area contributed by atoms with Gasteiger partial charge < -0.3 is 0 Å². The lowest BCUT2D eigenvalue weighted by atomic mass is 9.99. The Morgan fingerprint density at radius 3 is 1.75 bits per heavy atom. The van der Waals surface area contributed by atoms with Crippen molar-refractivity contribution in [2.75, 3.05) is 0 Å². The number of hydrogen-bond acceptors (Lipinski definition) is 2. The first kappa shape index (κ1) is 8.48. The van der Waals surface area contributed by atoms with Crippen LogP contribution in [0.5, 0.6) is 0 Å². The van der Waals surface area contributed by atoms with Gasteiger partial charge in [-0.15, -0.1) is 22.7 Å². The van der Waals surface area contributed by atoms with Crippen molar-refractivity contribution in [1.29, 1.82) is 0 Å². The fourth-order valence-corrected chi connectivity index (χ4v) is 5.84. The van der Waals surface area contributed by atoms with Crippen molar-refractivity contribution >= 4 is 22.7 Å². The van der Waals surface area contributed by atoms with Crippen LogP contribution in [0, 0.1) is 0 Å². The summed E-state index contributed by atoms with van der Waals surface area (Å²) < 4.78 is 0. The molecule has 0 amide bonds. The summed E-state index contributed by atoms with van der Waals surface area (Å²) in [6, 6.07) is 4.80. The van der Waals surface area contributed by atoms with Crippen LogP contribution in [0.1, 0.15) is 57.4 Å². The van der Waals surface area contributed by atoms with Gasteiger partial charge in [0.1, 0.15) is 0 Å². The van der Waals surface area contributed by atoms with Gasteiger partial charge >= 0.3 is 0 Å². The van der Waals surface area contributed by atoms with Crippen molar-refractivity contribution in [2.45, 2.75) is 36.5 Å². The fraction of sp³-hybridized carbons (Fsp3) is 0.429. The molecule has 2 heterocycles. The predicted octanol–water partition coefficient (Wildman–Crippen LogP) is 4.67. The van der Waals surface area contributed by atoms with Crippen LogP contribution in [0.15, 0.2) is 22.9 Å². The second-order valence-electron chi connectivity index (χ2n) is 5.38. The highest BCUT2D eigenvalue weighted by Crippen LogP contribution is 2.68. The molecule has 0 bridgehead atoms. The Balaban J connectivity index is 1.76. The molecular weight excluding hydrogens is 232 g/mol. The lowest BCUT2D eigenvalue weighted by Crippen LogP contribution is -1.93. The van der Waals surface area contributed by atoms with Crippen molar-refractivity contribution in [1.82, 2.24) is 0 Å². The van der Waals surface area contributed by atoms with E-state index in [4.69, 9.17) is 0 Å². The first-order valence-corrected chi connectivity index (χ1v) is 7.84. The number of hydrogen-bond donors (Lipinski definition) is 0. The Labute approximate surface area is 103 Å². The molecule has 16 heavy (non-hydrogen) atoms. The summed E-state index contributed by atoms with van der Waals surface area (Å²) in [6.45, 7) is 0. The minimum absolute atomic E-state index is 0.875. The van der Waals surface area contributed by atoms with Crippen LogP contribution in [0.2, 0.25) is 0 Å². The van der Waals surface area contributed by atoms with Crippen LogP contribution in [0.25, 0.3) is 0 Å². The molecule has 0 saturated heterocycles.